The van der Waals surface area contributed by atoms with Crippen molar-refractivity contribution in [2.24, 2.45) is 0 Å². The van der Waals surface area contributed by atoms with Crippen LogP contribution in [0.15, 0.2) is 49.2 Å². The third kappa shape index (κ3) is 5.15. The zero-order chi connectivity index (χ0) is 17.4. The molecule has 0 bridgehead atoms. The van der Waals surface area contributed by atoms with E-state index < -0.39 is 5.91 Å². The molecule has 0 aliphatic heterocycles. The Bertz CT molecular complexity index is 647. The van der Waals surface area contributed by atoms with Crippen molar-refractivity contribution in [2.45, 2.75) is 20.8 Å². The van der Waals surface area contributed by atoms with Gasteiger partial charge >= 0.3 is 0 Å². The summed E-state index contributed by atoms with van der Waals surface area (Å²) in [7, 11) is 0. The summed E-state index contributed by atoms with van der Waals surface area (Å²) in [4.78, 5) is 14.2. The molecular weight excluding hydrogens is 286 g/mol. The summed E-state index contributed by atoms with van der Waals surface area (Å²) in [5, 5.41) is 12.1. The van der Waals surface area contributed by atoms with Gasteiger partial charge in [0.05, 0.1) is 0 Å². The molecule has 0 radical (unpaired) electrons. The number of nitrogens with zero attached hydrogens (tertiary/aromatic N) is 2. The minimum Gasteiger partial charge on any atom is -0.369 e. The summed E-state index contributed by atoms with van der Waals surface area (Å²) in [5.41, 5.74) is 3.88. The van der Waals surface area contributed by atoms with Crippen molar-refractivity contribution < 1.29 is 4.79 Å². The van der Waals surface area contributed by atoms with Crippen LogP contribution in [-0.4, -0.2) is 23.9 Å². The number of nitrogens with one attached hydrogen (secondary N) is 1. The zero-order valence-electron chi connectivity index (χ0n) is 14.0. The molecule has 0 saturated heterocycles. The molecule has 0 saturated carbocycles. The third-order valence-corrected chi connectivity index (χ3v) is 3.32. The summed E-state index contributed by atoms with van der Waals surface area (Å²) >= 11 is 0. The summed E-state index contributed by atoms with van der Waals surface area (Å²) in [6.45, 7) is 14.3. The standard InChI is InChI=1S/C19H23N3O/c1-6-8-22(9-7-2)13-17(12-20)19(23)21-18-15(4)10-14(3)11-16(18)5/h6-7,10-11,13H,1-2,8-9H2,3-5H3,(H,21,23)/b17-13-. The quantitative estimate of drug-likeness (QED) is 0.475. The molecule has 1 amide bonds. The van der Waals surface area contributed by atoms with Gasteiger partial charge in [-0.2, -0.15) is 5.26 Å². The van der Waals surface area contributed by atoms with Gasteiger partial charge in [-0.05, 0) is 31.9 Å². The van der Waals surface area contributed by atoms with Gasteiger partial charge in [0.1, 0.15) is 11.6 Å². The van der Waals surface area contributed by atoms with Crippen LogP contribution >= 0.6 is 0 Å². The van der Waals surface area contributed by atoms with E-state index >= 15 is 0 Å². The Balaban J connectivity index is 3.04. The van der Waals surface area contributed by atoms with Gasteiger partial charge in [0.2, 0.25) is 0 Å². The molecule has 0 aliphatic carbocycles. The van der Waals surface area contributed by atoms with E-state index in [1.807, 2.05) is 39.0 Å². The van der Waals surface area contributed by atoms with Gasteiger partial charge < -0.3 is 10.2 Å². The van der Waals surface area contributed by atoms with Gasteiger partial charge in [0.15, 0.2) is 0 Å². The van der Waals surface area contributed by atoms with E-state index in [1.54, 1.807) is 17.1 Å². The lowest BCUT2D eigenvalue weighted by Gasteiger charge is -2.17. The number of carbonyl (C=O) groups excluding carboxylic acids is 1. The molecule has 23 heavy (non-hydrogen) atoms. The number of rotatable bonds is 7. The van der Waals surface area contributed by atoms with E-state index in [0.717, 1.165) is 22.4 Å². The summed E-state index contributed by atoms with van der Waals surface area (Å²) in [5.74, 6) is -0.416. The molecule has 0 spiro atoms. The Morgan fingerprint density at radius 1 is 1.22 bits per heavy atom. The molecule has 120 valence electrons. The van der Waals surface area contributed by atoms with E-state index in [2.05, 4.69) is 18.5 Å². The van der Waals surface area contributed by atoms with Crippen LogP contribution in [0.2, 0.25) is 0 Å². The molecule has 0 aliphatic rings. The van der Waals surface area contributed by atoms with E-state index in [-0.39, 0.29) is 5.57 Å². The first-order chi connectivity index (χ1) is 10.9. The maximum Gasteiger partial charge on any atom is 0.267 e. The summed E-state index contributed by atoms with van der Waals surface area (Å²) in [6, 6.07) is 5.96. The second kappa shape index (κ2) is 8.60. The molecule has 0 fully saturated rings. The molecule has 0 atom stereocenters. The SMILES string of the molecule is C=CCN(/C=C(/C#N)C(=O)Nc1c(C)cc(C)cc1C)CC=C. The highest BCUT2D eigenvalue weighted by Gasteiger charge is 2.13. The van der Waals surface area contributed by atoms with Crippen molar-refractivity contribution in [3.8, 4) is 6.07 Å². The third-order valence-electron chi connectivity index (χ3n) is 3.32. The van der Waals surface area contributed by atoms with Gasteiger partial charge in [-0.25, -0.2) is 0 Å². The first-order valence-electron chi connectivity index (χ1n) is 7.39. The fraction of sp³-hybridized carbons (Fsp3) is 0.263. The molecule has 1 N–H and O–H groups in total. The zero-order valence-corrected chi connectivity index (χ0v) is 14.0. The number of hydrogen-bond donors (Lipinski definition) is 1. The van der Waals surface area contributed by atoms with Crippen molar-refractivity contribution in [1.29, 1.82) is 5.26 Å². The van der Waals surface area contributed by atoms with E-state index in [0.29, 0.717) is 13.1 Å². The topological polar surface area (TPSA) is 56.1 Å². The first-order valence-corrected chi connectivity index (χ1v) is 7.39. The van der Waals surface area contributed by atoms with Crippen LogP contribution in [0.4, 0.5) is 5.69 Å². The van der Waals surface area contributed by atoms with Crippen molar-refractivity contribution in [3.05, 3.63) is 65.9 Å². The molecule has 1 aromatic rings. The van der Waals surface area contributed by atoms with Crippen molar-refractivity contribution in [2.75, 3.05) is 18.4 Å². The normalized spacial score (nSPS) is 10.6. The number of anilines is 1. The molecule has 1 aromatic carbocycles. The minimum absolute atomic E-state index is 0.0491. The lowest BCUT2D eigenvalue weighted by Crippen LogP contribution is -2.22. The molecule has 1 rings (SSSR count). The Morgan fingerprint density at radius 2 is 1.74 bits per heavy atom. The number of amides is 1. The van der Waals surface area contributed by atoms with Crippen LogP contribution in [0.1, 0.15) is 16.7 Å². The second-order valence-electron chi connectivity index (χ2n) is 5.41. The van der Waals surface area contributed by atoms with Crippen LogP contribution in [0.25, 0.3) is 0 Å². The highest BCUT2D eigenvalue weighted by atomic mass is 16.1. The van der Waals surface area contributed by atoms with Crippen molar-refractivity contribution in [3.63, 3.8) is 0 Å². The number of carbonyl (C=O) groups is 1. The van der Waals surface area contributed by atoms with Crippen LogP contribution in [0.3, 0.4) is 0 Å². The van der Waals surface area contributed by atoms with Crippen LogP contribution in [-0.2, 0) is 4.79 Å². The Hall–Kier alpha value is -2.80. The number of benzene rings is 1. The molecule has 0 heterocycles. The van der Waals surface area contributed by atoms with Crippen molar-refractivity contribution >= 4 is 11.6 Å². The highest BCUT2D eigenvalue weighted by Crippen LogP contribution is 2.22. The average molecular weight is 309 g/mol. The predicted molar refractivity (Wildman–Crippen MR) is 94.9 cm³/mol. The second-order valence-corrected chi connectivity index (χ2v) is 5.41. The van der Waals surface area contributed by atoms with Gasteiger partial charge in [0.25, 0.3) is 5.91 Å². The fourth-order valence-corrected chi connectivity index (χ4v) is 2.39. The minimum atomic E-state index is -0.416. The Labute approximate surface area is 138 Å². The monoisotopic (exact) mass is 309 g/mol. The smallest absolute Gasteiger partial charge is 0.267 e. The lowest BCUT2D eigenvalue weighted by atomic mass is 10.0. The number of hydrogen-bond acceptors (Lipinski definition) is 3. The van der Waals surface area contributed by atoms with E-state index in [1.165, 1.54) is 6.20 Å². The summed E-state index contributed by atoms with van der Waals surface area (Å²) in [6.07, 6.45) is 4.96. The summed E-state index contributed by atoms with van der Waals surface area (Å²) < 4.78 is 0. The van der Waals surface area contributed by atoms with Gasteiger partial charge in [-0.15, -0.1) is 13.2 Å². The van der Waals surface area contributed by atoms with Gasteiger partial charge in [0, 0.05) is 25.0 Å². The molecule has 0 aromatic heterocycles. The van der Waals surface area contributed by atoms with Gasteiger partial charge in [-0.3, -0.25) is 4.79 Å². The first kappa shape index (κ1) is 18.2. The molecular formula is C19H23N3O. The number of aryl methyl sites for hydroxylation is 3. The van der Waals surface area contributed by atoms with Crippen molar-refractivity contribution in [1.82, 2.24) is 4.90 Å². The van der Waals surface area contributed by atoms with Crippen LogP contribution in [0.5, 0.6) is 0 Å². The number of nitriles is 1. The lowest BCUT2D eigenvalue weighted by molar-refractivity contribution is -0.112. The van der Waals surface area contributed by atoms with Crippen LogP contribution in [0, 0.1) is 32.1 Å². The largest absolute Gasteiger partial charge is 0.369 e. The highest BCUT2D eigenvalue weighted by molar-refractivity contribution is 6.07. The van der Waals surface area contributed by atoms with E-state index in [4.69, 9.17) is 0 Å². The fourth-order valence-electron chi connectivity index (χ4n) is 2.39. The Kier molecular flexibility index (Phi) is 6.82. The Morgan fingerprint density at radius 3 is 2.17 bits per heavy atom. The molecule has 4 nitrogen and oxygen atoms in total. The maximum absolute atomic E-state index is 12.4. The average Bonchev–Trinajstić information content (AvgIpc) is 2.48. The van der Waals surface area contributed by atoms with Gasteiger partial charge in [-0.1, -0.05) is 29.8 Å². The predicted octanol–water partition coefficient (Wildman–Crippen LogP) is 3.63. The maximum atomic E-state index is 12.4. The molecule has 0 unspecified atom stereocenters. The molecule has 4 heteroatoms. The van der Waals surface area contributed by atoms with Crippen LogP contribution < -0.4 is 5.32 Å². The van der Waals surface area contributed by atoms with E-state index in [9.17, 15) is 10.1 Å².